The number of halogens is 4. The number of alkyl halides is 3. The van der Waals surface area contributed by atoms with Crippen molar-refractivity contribution in [2.75, 3.05) is 5.32 Å². The van der Waals surface area contributed by atoms with Gasteiger partial charge in [0.25, 0.3) is 5.91 Å². The number of furan rings is 1. The first-order chi connectivity index (χ1) is 10.2. The van der Waals surface area contributed by atoms with Gasteiger partial charge in [-0.2, -0.15) is 13.2 Å². The zero-order valence-electron chi connectivity index (χ0n) is 10.5. The van der Waals surface area contributed by atoms with Gasteiger partial charge >= 0.3 is 12.1 Å². The van der Waals surface area contributed by atoms with Crippen molar-refractivity contribution < 1.29 is 27.3 Å². The zero-order valence-corrected chi connectivity index (χ0v) is 11.2. The number of anilines is 1. The maximum atomic E-state index is 12.7. The molecule has 22 heavy (non-hydrogen) atoms. The molecule has 116 valence electrons. The fourth-order valence-electron chi connectivity index (χ4n) is 1.56. The van der Waals surface area contributed by atoms with Crippen LogP contribution in [0, 0.1) is 10.1 Å². The number of rotatable bonds is 3. The van der Waals surface area contributed by atoms with Crippen molar-refractivity contribution in [1.29, 1.82) is 0 Å². The van der Waals surface area contributed by atoms with Crippen LogP contribution in [0.15, 0.2) is 34.7 Å². The van der Waals surface area contributed by atoms with E-state index in [1.165, 1.54) is 0 Å². The normalized spacial score (nSPS) is 11.3. The Morgan fingerprint density at radius 2 is 1.95 bits per heavy atom. The van der Waals surface area contributed by atoms with Gasteiger partial charge in [-0.15, -0.1) is 0 Å². The molecule has 0 spiro atoms. The Hall–Kier alpha value is -2.55. The maximum absolute atomic E-state index is 12.7. The number of benzene rings is 1. The Morgan fingerprint density at radius 1 is 1.27 bits per heavy atom. The first-order valence-electron chi connectivity index (χ1n) is 5.61. The fraction of sp³-hybridized carbons (Fsp3) is 0.0833. The molecule has 0 saturated carbocycles. The van der Waals surface area contributed by atoms with Crippen LogP contribution in [0.25, 0.3) is 0 Å². The van der Waals surface area contributed by atoms with Crippen LogP contribution in [0.2, 0.25) is 5.02 Å². The number of amides is 1. The van der Waals surface area contributed by atoms with Gasteiger partial charge in [-0.25, -0.2) is 0 Å². The van der Waals surface area contributed by atoms with Crippen molar-refractivity contribution in [2.24, 2.45) is 0 Å². The Kier molecular flexibility index (Phi) is 4.09. The van der Waals surface area contributed by atoms with E-state index >= 15 is 0 Å². The maximum Gasteiger partial charge on any atom is 0.433 e. The van der Waals surface area contributed by atoms with Gasteiger partial charge in [-0.1, -0.05) is 11.6 Å². The topological polar surface area (TPSA) is 85.4 Å². The third-order valence-corrected chi connectivity index (χ3v) is 2.85. The van der Waals surface area contributed by atoms with Crippen LogP contribution in [0.5, 0.6) is 0 Å². The highest BCUT2D eigenvalue weighted by molar-refractivity contribution is 6.31. The average molecular weight is 335 g/mol. The van der Waals surface area contributed by atoms with Crippen LogP contribution in [-0.2, 0) is 6.18 Å². The highest BCUT2D eigenvalue weighted by Crippen LogP contribution is 2.36. The molecule has 0 aliphatic heterocycles. The van der Waals surface area contributed by atoms with Gasteiger partial charge in [0.15, 0.2) is 5.76 Å². The third-order valence-electron chi connectivity index (χ3n) is 2.53. The molecule has 0 atom stereocenters. The molecule has 2 rings (SSSR count). The second kappa shape index (κ2) is 5.68. The van der Waals surface area contributed by atoms with Crippen LogP contribution >= 0.6 is 11.6 Å². The van der Waals surface area contributed by atoms with Gasteiger partial charge in [0, 0.05) is 5.69 Å². The van der Waals surface area contributed by atoms with Gasteiger partial charge in [-0.05, 0) is 24.3 Å². The van der Waals surface area contributed by atoms with Crippen molar-refractivity contribution in [3.8, 4) is 0 Å². The fourth-order valence-corrected chi connectivity index (χ4v) is 1.79. The van der Waals surface area contributed by atoms with Gasteiger partial charge in [0.05, 0.1) is 16.7 Å². The van der Waals surface area contributed by atoms with E-state index in [4.69, 9.17) is 11.6 Å². The van der Waals surface area contributed by atoms with Crippen molar-refractivity contribution in [3.63, 3.8) is 0 Å². The van der Waals surface area contributed by atoms with E-state index in [2.05, 4.69) is 9.73 Å². The smallest absolute Gasteiger partial charge is 0.395 e. The number of carbonyl (C=O) groups is 1. The predicted molar refractivity (Wildman–Crippen MR) is 69.8 cm³/mol. The largest absolute Gasteiger partial charge is 0.433 e. The lowest BCUT2D eigenvalue weighted by molar-refractivity contribution is -0.402. The summed E-state index contributed by atoms with van der Waals surface area (Å²) >= 11 is 5.45. The van der Waals surface area contributed by atoms with Crippen LogP contribution < -0.4 is 5.32 Å². The summed E-state index contributed by atoms with van der Waals surface area (Å²) < 4.78 is 42.7. The lowest BCUT2D eigenvalue weighted by atomic mass is 10.2. The molecular weight excluding hydrogens is 329 g/mol. The molecule has 0 saturated heterocycles. The Balaban J connectivity index is 2.23. The van der Waals surface area contributed by atoms with E-state index in [1.54, 1.807) is 0 Å². The summed E-state index contributed by atoms with van der Waals surface area (Å²) in [5, 5.41) is 12.0. The zero-order chi connectivity index (χ0) is 16.5. The average Bonchev–Trinajstić information content (AvgIpc) is 2.89. The predicted octanol–water partition coefficient (Wildman–Crippen LogP) is 4.11. The Labute approximate surface area is 125 Å². The van der Waals surface area contributed by atoms with E-state index < -0.39 is 39.2 Å². The second-order valence-corrected chi connectivity index (χ2v) is 4.45. The molecule has 1 aromatic carbocycles. The molecule has 6 nitrogen and oxygen atoms in total. The number of nitro groups is 1. The minimum absolute atomic E-state index is 0.180. The summed E-state index contributed by atoms with van der Waals surface area (Å²) in [6, 6.07) is 4.78. The van der Waals surface area contributed by atoms with Crippen molar-refractivity contribution in [3.05, 3.63) is 56.8 Å². The Morgan fingerprint density at radius 3 is 2.50 bits per heavy atom. The molecule has 1 N–H and O–H groups in total. The Bertz CT molecular complexity index is 742. The van der Waals surface area contributed by atoms with E-state index in [1.807, 2.05) is 0 Å². The van der Waals surface area contributed by atoms with Crippen molar-refractivity contribution in [1.82, 2.24) is 0 Å². The molecule has 10 heteroatoms. The van der Waals surface area contributed by atoms with Gasteiger partial charge in [-0.3, -0.25) is 14.9 Å². The lowest BCUT2D eigenvalue weighted by Crippen LogP contribution is -2.12. The monoisotopic (exact) mass is 334 g/mol. The molecule has 1 aromatic heterocycles. The molecule has 0 aliphatic carbocycles. The molecule has 0 aliphatic rings. The number of carbonyl (C=O) groups excluding carboxylic acids is 1. The summed E-state index contributed by atoms with van der Waals surface area (Å²) in [6.45, 7) is 0. The quantitative estimate of drug-likeness (QED) is 0.676. The summed E-state index contributed by atoms with van der Waals surface area (Å²) in [7, 11) is 0. The first kappa shape index (κ1) is 15.8. The highest BCUT2D eigenvalue weighted by atomic mass is 35.5. The van der Waals surface area contributed by atoms with E-state index in [9.17, 15) is 28.1 Å². The van der Waals surface area contributed by atoms with Gasteiger partial charge in [0.1, 0.15) is 4.92 Å². The van der Waals surface area contributed by atoms with Crippen LogP contribution in [0.4, 0.5) is 24.7 Å². The van der Waals surface area contributed by atoms with Gasteiger partial charge in [0.2, 0.25) is 0 Å². The summed E-state index contributed by atoms with van der Waals surface area (Å²) in [6.07, 6.45) is -4.68. The van der Waals surface area contributed by atoms with Crippen molar-refractivity contribution in [2.45, 2.75) is 6.18 Å². The van der Waals surface area contributed by atoms with Crippen LogP contribution in [0.3, 0.4) is 0 Å². The van der Waals surface area contributed by atoms with E-state index in [0.29, 0.717) is 6.07 Å². The number of nitrogens with one attached hydrogen (secondary N) is 1. The first-order valence-corrected chi connectivity index (χ1v) is 5.98. The molecule has 1 heterocycles. The molecule has 2 aromatic rings. The minimum Gasteiger partial charge on any atom is -0.395 e. The van der Waals surface area contributed by atoms with Crippen molar-refractivity contribution >= 4 is 29.1 Å². The van der Waals surface area contributed by atoms with E-state index in [-0.39, 0.29) is 5.69 Å². The molecule has 0 fully saturated rings. The van der Waals surface area contributed by atoms with E-state index in [0.717, 1.165) is 24.3 Å². The third kappa shape index (κ3) is 3.37. The second-order valence-electron chi connectivity index (χ2n) is 4.04. The lowest BCUT2D eigenvalue weighted by Gasteiger charge is -2.11. The molecule has 0 radical (unpaired) electrons. The number of hydrogen-bond donors (Lipinski definition) is 1. The molecular formula is C12H6ClF3N2O4. The minimum atomic E-state index is -4.68. The highest BCUT2D eigenvalue weighted by Gasteiger charge is 2.33. The van der Waals surface area contributed by atoms with Crippen LogP contribution in [-0.4, -0.2) is 10.8 Å². The standard InChI is InChI=1S/C12H6ClF3N2O4/c13-8-2-1-6(5-7(8)12(14,15)16)17-11(19)9-3-4-10(22-9)18(20)21/h1-5H,(H,17,19). The number of nitrogens with zero attached hydrogens (tertiary/aromatic N) is 1. The van der Waals surface area contributed by atoms with Gasteiger partial charge < -0.3 is 9.73 Å². The SMILES string of the molecule is O=C(Nc1ccc(Cl)c(C(F)(F)F)c1)c1ccc([N+](=O)[O-])o1. The molecule has 1 amide bonds. The number of hydrogen-bond acceptors (Lipinski definition) is 4. The summed E-state index contributed by atoms with van der Waals surface area (Å²) in [4.78, 5) is 21.3. The molecule has 0 unspecified atom stereocenters. The molecule has 0 bridgehead atoms. The summed E-state index contributed by atoms with van der Waals surface area (Å²) in [5.41, 5.74) is -1.29. The van der Waals surface area contributed by atoms with Crippen LogP contribution in [0.1, 0.15) is 16.1 Å². The summed E-state index contributed by atoms with van der Waals surface area (Å²) in [5.74, 6) is -1.99.